The zero-order valence-corrected chi connectivity index (χ0v) is 28.5. The highest BCUT2D eigenvalue weighted by Crippen LogP contribution is 2.18. The molecule has 0 bridgehead atoms. The second-order valence-corrected chi connectivity index (χ2v) is 11.7. The molecule has 3 aromatic rings. The Morgan fingerprint density at radius 3 is 1.51 bits per heavy atom. The Morgan fingerprint density at radius 2 is 1.11 bits per heavy atom. The Bertz CT molecular complexity index is 1300. The third-order valence-corrected chi connectivity index (χ3v) is 8.16. The Morgan fingerprint density at radius 1 is 0.689 bits per heavy atom. The van der Waals surface area contributed by atoms with Crippen LogP contribution in [0.1, 0.15) is 56.6 Å². The highest BCUT2D eigenvalue weighted by Gasteiger charge is 2.13. The zero-order valence-electron chi connectivity index (χ0n) is 25.9. The van der Waals surface area contributed by atoms with E-state index in [2.05, 4.69) is 43.2 Å². The number of hydrogen-bond acceptors (Lipinski definition) is 8. The lowest BCUT2D eigenvalue weighted by atomic mass is 10.2. The molecule has 3 saturated heterocycles. The lowest BCUT2D eigenvalue weighted by Gasteiger charge is -2.14. The number of benzene rings is 3. The average Bonchev–Trinajstić information content (AvgIpc) is 3.85. The maximum absolute atomic E-state index is 10.6. The summed E-state index contributed by atoms with van der Waals surface area (Å²) in [5, 5.41) is 24.7. The second kappa shape index (κ2) is 21.7. The predicted octanol–water partition coefficient (Wildman–Crippen LogP) is 7.27. The molecule has 3 fully saturated rings. The molecule has 3 aromatic carbocycles. The Hall–Kier alpha value is -3.03. The molecule has 10 nitrogen and oxygen atoms in total. The topological polar surface area (TPSA) is 131 Å². The molecular formula is C33H49BrN6O4S. The largest absolute Gasteiger partial charge is 0.399 e. The third-order valence-electron chi connectivity index (χ3n) is 7.51. The Labute approximate surface area is 283 Å². The summed E-state index contributed by atoms with van der Waals surface area (Å²) in [7, 11) is 0. The molecule has 0 amide bonds. The molecule has 0 aliphatic carbocycles. The Kier molecular flexibility index (Phi) is 18.4. The van der Waals surface area contributed by atoms with Crippen molar-refractivity contribution in [1.82, 2.24) is 15.1 Å². The second-order valence-electron chi connectivity index (χ2n) is 11.2. The van der Waals surface area contributed by atoms with Crippen molar-refractivity contribution in [1.29, 1.82) is 0 Å². The van der Waals surface area contributed by atoms with Crippen LogP contribution in [0.5, 0.6) is 0 Å². The number of non-ortho nitro benzene ring substituents is 2. The number of halogens is 1. The van der Waals surface area contributed by atoms with Crippen LogP contribution in [-0.2, 0) is 18.4 Å². The lowest BCUT2D eigenvalue weighted by Crippen LogP contribution is -2.18. The summed E-state index contributed by atoms with van der Waals surface area (Å²) in [4.78, 5) is 24.9. The van der Waals surface area contributed by atoms with Crippen molar-refractivity contribution in [3.05, 3.63) is 110 Å². The van der Waals surface area contributed by atoms with Crippen molar-refractivity contribution in [2.75, 3.05) is 45.0 Å². The molecule has 0 radical (unpaired) electrons. The molecule has 0 spiro atoms. The quantitative estimate of drug-likeness (QED) is 0.114. The van der Waals surface area contributed by atoms with Crippen molar-refractivity contribution in [2.45, 2.75) is 56.9 Å². The van der Waals surface area contributed by atoms with E-state index in [-0.39, 0.29) is 31.2 Å². The number of likely N-dealkylation sites (tertiary alicyclic amines) is 2. The smallest absolute Gasteiger partial charge is 0.269 e. The van der Waals surface area contributed by atoms with Crippen LogP contribution >= 0.6 is 29.4 Å². The fourth-order valence-electron chi connectivity index (χ4n) is 5.24. The van der Waals surface area contributed by atoms with Gasteiger partial charge in [-0.25, -0.2) is 0 Å². The molecule has 0 saturated carbocycles. The lowest BCUT2D eigenvalue weighted by molar-refractivity contribution is -0.385. The molecule has 6 rings (SSSR count). The molecule has 248 valence electrons. The van der Waals surface area contributed by atoms with Crippen LogP contribution in [0.2, 0.25) is 0 Å². The number of nitro benzene ring substituents is 2. The van der Waals surface area contributed by atoms with E-state index in [1.807, 2.05) is 24.3 Å². The number of rotatable bonds is 7. The first-order valence-corrected chi connectivity index (χ1v) is 16.5. The maximum atomic E-state index is 10.6. The summed E-state index contributed by atoms with van der Waals surface area (Å²) in [6, 6.07) is 21.6. The van der Waals surface area contributed by atoms with Gasteiger partial charge in [-0.1, -0.05) is 52.3 Å². The Balaban J connectivity index is 0.000000317. The third kappa shape index (κ3) is 15.2. The van der Waals surface area contributed by atoms with E-state index in [0.717, 1.165) is 43.0 Å². The minimum absolute atomic E-state index is 0. The van der Waals surface area contributed by atoms with Gasteiger partial charge in [-0.05, 0) is 107 Å². The number of nitrogens with zero attached hydrogens (tertiary/aromatic N) is 4. The minimum Gasteiger partial charge on any atom is -0.399 e. The van der Waals surface area contributed by atoms with E-state index in [4.69, 9.17) is 5.73 Å². The zero-order chi connectivity index (χ0) is 31.6. The molecule has 0 atom stereocenters. The monoisotopic (exact) mass is 706 g/mol. The molecule has 3 aliphatic rings. The van der Waals surface area contributed by atoms with E-state index >= 15 is 0 Å². The number of nitro groups is 2. The molecule has 0 aromatic heterocycles. The number of anilines is 1. The molecule has 0 unspecified atom stereocenters. The normalized spacial score (nSPS) is 15.8. The predicted molar refractivity (Wildman–Crippen MR) is 193 cm³/mol. The van der Waals surface area contributed by atoms with Crippen LogP contribution < -0.4 is 11.1 Å². The average molecular weight is 708 g/mol. The highest BCUT2D eigenvalue weighted by molar-refractivity contribution is 9.08. The molecule has 3 heterocycles. The summed E-state index contributed by atoms with van der Waals surface area (Å²) >= 11 is 3.22. The van der Waals surface area contributed by atoms with Gasteiger partial charge < -0.3 is 11.1 Å². The highest BCUT2D eigenvalue weighted by atomic mass is 79.9. The van der Waals surface area contributed by atoms with Gasteiger partial charge in [0.1, 0.15) is 0 Å². The maximum Gasteiger partial charge on any atom is 0.269 e. The van der Waals surface area contributed by atoms with Gasteiger partial charge in [-0.2, -0.15) is 13.5 Å². The van der Waals surface area contributed by atoms with Gasteiger partial charge in [0.15, 0.2) is 0 Å². The van der Waals surface area contributed by atoms with Gasteiger partial charge in [0, 0.05) is 49.8 Å². The fourth-order valence-corrected chi connectivity index (χ4v) is 5.58. The van der Waals surface area contributed by atoms with Crippen LogP contribution in [0.25, 0.3) is 0 Å². The summed E-state index contributed by atoms with van der Waals surface area (Å²) in [6.07, 6.45) is 7.97. The number of nitrogens with one attached hydrogen (secondary N) is 1. The molecule has 45 heavy (non-hydrogen) atoms. The van der Waals surface area contributed by atoms with Gasteiger partial charge in [-0.15, -0.1) is 0 Å². The van der Waals surface area contributed by atoms with Gasteiger partial charge in [0.05, 0.1) is 9.85 Å². The molecule has 3 aliphatic heterocycles. The number of nitrogens with two attached hydrogens (primary N) is 1. The van der Waals surface area contributed by atoms with E-state index in [0.29, 0.717) is 5.33 Å². The summed E-state index contributed by atoms with van der Waals surface area (Å²) < 4.78 is 0. The summed E-state index contributed by atoms with van der Waals surface area (Å²) in [6.45, 7) is 9.11. The van der Waals surface area contributed by atoms with E-state index in [9.17, 15) is 20.2 Å². The van der Waals surface area contributed by atoms with Crippen LogP contribution in [0.15, 0.2) is 72.8 Å². The number of nitrogen functional groups attached to an aromatic ring is 1. The summed E-state index contributed by atoms with van der Waals surface area (Å²) in [5.74, 6) is 0. The van der Waals surface area contributed by atoms with Crippen LogP contribution in [0.3, 0.4) is 0 Å². The molecule has 3 N–H and O–H groups in total. The summed E-state index contributed by atoms with van der Waals surface area (Å²) in [5.41, 5.74) is 10.2. The van der Waals surface area contributed by atoms with E-state index in [1.165, 1.54) is 82.4 Å². The van der Waals surface area contributed by atoms with E-state index < -0.39 is 4.92 Å². The minimum atomic E-state index is -0.397. The van der Waals surface area contributed by atoms with Gasteiger partial charge >= 0.3 is 0 Å². The van der Waals surface area contributed by atoms with Crippen LogP contribution in [0.4, 0.5) is 17.1 Å². The van der Waals surface area contributed by atoms with Crippen LogP contribution in [0, 0.1) is 20.2 Å². The first-order valence-electron chi connectivity index (χ1n) is 15.4. The number of alkyl halides is 1. The molecular weight excluding hydrogens is 656 g/mol. The van der Waals surface area contributed by atoms with Crippen LogP contribution in [-0.4, -0.2) is 58.9 Å². The first-order chi connectivity index (χ1) is 21.3. The SMILES string of the molecule is C1CCNC1.Nc1cccc(CN2CCCC2)c1.O=[N+]([O-])c1cccc(CBr)c1.O=[N+]([O-])c1cccc(CN2CCCC2)c1.S.[3HH]. The molecule has 12 heteroatoms. The van der Waals surface area contributed by atoms with Crippen molar-refractivity contribution in [3.63, 3.8) is 0 Å². The standard InChI is InChI=1S/C11H14N2O2.C11H16N2.C7H6BrNO2.C4H9N.H2S.H2/c14-13(15)11-5-3-4-10(8-11)9-12-6-1-2-7-12;12-11-5-3-4-10(8-11)9-13-6-1-2-7-13;8-5-6-2-1-3-7(4-6)9(10)11;1-2-4-5-3-1;;/h3-5,8H,1-2,6-7,9H2;3-5,8H,1-2,6-7,9,12H2;1-4H,5H2;5H,1-4H2;1H2;1H/i;;;;;1+2. The fraction of sp³-hybridized carbons (Fsp3) is 0.455. The van der Waals surface area contributed by atoms with Crippen molar-refractivity contribution in [3.8, 4) is 0 Å². The van der Waals surface area contributed by atoms with Gasteiger partial charge in [0.25, 0.3) is 11.4 Å². The number of hydrogen-bond donors (Lipinski definition) is 2. The first kappa shape index (κ1) is 38.2. The van der Waals surface area contributed by atoms with Gasteiger partial charge in [-0.3, -0.25) is 30.0 Å². The van der Waals surface area contributed by atoms with Crippen molar-refractivity contribution >= 4 is 46.5 Å². The van der Waals surface area contributed by atoms with Crippen molar-refractivity contribution in [2.24, 2.45) is 0 Å². The van der Waals surface area contributed by atoms with E-state index in [1.54, 1.807) is 24.3 Å². The van der Waals surface area contributed by atoms with Crippen molar-refractivity contribution < 1.29 is 11.3 Å². The van der Waals surface area contributed by atoms with Gasteiger partial charge in [0.2, 0.25) is 0 Å².